The summed E-state index contributed by atoms with van der Waals surface area (Å²) in [6.45, 7) is 13.5. The first-order valence-electron chi connectivity index (χ1n) is 38.8. The average molecular weight is 2120 g/mol. The van der Waals surface area contributed by atoms with Crippen LogP contribution >= 0.6 is 47.8 Å². The second-order valence-corrected chi connectivity index (χ2v) is 29.6. The van der Waals surface area contributed by atoms with Gasteiger partial charge in [0.05, 0.1) is 59.5 Å². The van der Waals surface area contributed by atoms with E-state index in [9.17, 15) is 63.3 Å². The number of hydrogen-bond acceptors (Lipinski definition) is 36. The van der Waals surface area contributed by atoms with Crippen LogP contribution in [0.25, 0.3) is 65.9 Å². The number of carbonyl (C=O) groups excluding carboxylic acids is 9. The first kappa shape index (κ1) is 118. The van der Waals surface area contributed by atoms with Crippen molar-refractivity contribution >= 4 is 171 Å². The number of nitrogens with two attached hydrogens (primary N) is 1. The predicted molar refractivity (Wildman–Crippen MR) is 509 cm³/mol. The number of fused-ring (bicyclic) bond motifs is 4. The van der Waals surface area contributed by atoms with Crippen LogP contribution in [0.2, 0.25) is 0 Å². The Morgan fingerprint density at radius 2 is 0.950 bits per heavy atom. The minimum absolute atomic E-state index is 0. The molecular weight excluding hydrogens is 2040 g/mol. The van der Waals surface area contributed by atoms with Crippen molar-refractivity contribution in [2.75, 3.05) is 17.7 Å². The van der Waals surface area contributed by atoms with E-state index in [4.69, 9.17) is 64.6 Å². The number of anilines is 2. The molecule has 0 atom stereocenters. The molecule has 0 saturated heterocycles. The second-order valence-electron chi connectivity index (χ2n) is 25.4. The van der Waals surface area contributed by atoms with E-state index in [2.05, 4.69) is 132 Å². The smallest absolute Gasteiger partial charge is 0.423 e. The minimum atomic E-state index is -3.96. The van der Waals surface area contributed by atoms with Crippen LogP contribution in [0.3, 0.4) is 0 Å². The van der Waals surface area contributed by atoms with E-state index in [1.807, 2.05) is 93.1 Å². The number of azide groups is 1. The summed E-state index contributed by atoms with van der Waals surface area (Å²) in [6, 6.07) is 52.0. The van der Waals surface area contributed by atoms with Gasteiger partial charge in [-0.1, -0.05) is 90.9 Å². The Labute approximate surface area is 813 Å². The molecule has 6 N–H and O–H groups in total. The van der Waals surface area contributed by atoms with Crippen LogP contribution in [0.5, 0.6) is 5.88 Å². The van der Waals surface area contributed by atoms with Crippen LogP contribution in [0.1, 0.15) is 78.2 Å². The van der Waals surface area contributed by atoms with Gasteiger partial charge < -0.3 is 30.6 Å². The molecule has 10 heterocycles. The summed E-state index contributed by atoms with van der Waals surface area (Å²) in [5.41, 5.74) is 27.0. The number of esters is 1. The Morgan fingerprint density at radius 1 is 0.561 bits per heavy atom. The SMILES string of the molecule is C.CC(=O)Nc1ccc(S(=O)(=O)N=[N+]=[N-])cc1.CCCc1ncccc1Br.CCOC(C)=O.CCc1nnn2cccc(-c3ccc([N+](=O)[O-])cc3)c12.CCc1nnn2cccc(Br)c12.Cc1ncccc1Br.Nc1nnn2cccc(-c3ccc([N+](=O)[O-])cc3)c12.O=BC#CO.O=C=O.O=C=O.O=C=O.O=COc1nnn2cccc(-c3ccc([N+](=O)[O-])cc3)c12.O=[N+]([O-])c1ccc(B(O)O)cc1. The van der Waals surface area contributed by atoms with Crippen molar-refractivity contribution in [3.05, 3.63) is 318 Å². The topological polar surface area (TPSA) is 690 Å². The Hall–Kier alpha value is -17.3. The molecule has 0 saturated carbocycles. The van der Waals surface area contributed by atoms with Gasteiger partial charge in [-0.05, 0) is 224 Å². The number of aryl methyl sites for hydroxylation is 4. The second kappa shape index (κ2) is 63.8. The third-order valence-electron chi connectivity index (χ3n) is 16.6. The van der Waals surface area contributed by atoms with E-state index in [1.54, 1.807) is 93.4 Å². The number of nitrogen functional groups attached to an aromatic ring is 1. The molecule has 48 nitrogen and oxygen atoms in total. The number of nitro benzene ring substituents is 4. The molecule has 0 aliphatic rings. The Bertz CT molecular complexity index is 6870. The van der Waals surface area contributed by atoms with E-state index < -0.39 is 36.8 Å². The zero-order chi connectivity index (χ0) is 103. The molecule has 0 aliphatic heterocycles. The largest absolute Gasteiger partial charge is 0.488 e. The van der Waals surface area contributed by atoms with Crippen LogP contribution in [0, 0.1) is 59.3 Å². The molecule has 0 fully saturated rings. The first-order valence-corrected chi connectivity index (χ1v) is 42.6. The maximum atomic E-state index is 11.3. The predicted octanol–water partition coefficient (Wildman–Crippen LogP) is 13.3. The molecule has 139 heavy (non-hydrogen) atoms. The molecular formula is C85H80B2Br3N23O25S. The number of halogens is 3. The number of amides is 1. The fraction of sp³-hybridized carbons (Fsp3) is 0.153. The average Bonchev–Trinajstić information content (AvgIpc) is 1.61. The van der Waals surface area contributed by atoms with E-state index in [0.29, 0.717) is 41.9 Å². The van der Waals surface area contributed by atoms with Gasteiger partial charge in [0, 0.05) is 145 Å². The van der Waals surface area contributed by atoms with Crippen LogP contribution in [-0.4, -0.2) is 170 Å². The summed E-state index contributed by atoms with van der Waals surface area (Å²) in [5, 5.41) is 101. The zero-order valence-corrected chi connectivity index (χ0v) is 78.6. The number of benzene rings is 5. The van der Waals surface area contributed by atoms with Crippen LogP contribution in [-0.2, 0) is 81.9 Å². The molecule has 54 heteroatoms. The van der Waals surface area contributed by atoms with Gasteiger partial charge in [0.15, 0.2) is 5.82 Å². The first-order chi connectivity index (χ1) is 66.0. The molecule has 5 aromatic carbocycles. The number of aliphatic hydroxyl groups excluding tert-OH is 1. The van der Waals surface area contributed by atoms with Crippen molar-refractivity contribution in [3.63, 3.8) is 0 Å². The number of ether oxygens (including phenoxy) is 2. The number of nitro groups is 4. The van der Waals surface area contributed by atoms with Crippen molar-refractivity contribution in [2.45, 2.75) is 86.5 Å². The van der Waals surface area contributed by atoms with Crippen LogP contribution in [0.4, 0.5) is 34.3 Å². The molecule has 0 bridgehead atoms. The molecule has 10 aromatic heterocycles. The standard InChI is InChI=1S/C14H12N4O2.C13H8N4O4.C12H9N5O2.C8H8BrN3.C8H10BrN.C8H8N4O3S.C6H6BNO4.C6H6BrN.C4H8O2.C2HBO2.3CO2.CH4/c1-2-13-14-12(4-3-9-17(14)16-15-13)10-5-7-11(8-6-10)18(19)20;18-8-21-13-12-11(2-1-7-16(12)15-14-13)9-3-5-10(6-4-9)17(19)20;13-12-11-10(2-1-7-16(11)15-14-12)8-3-5-9(6-4-8)17(18)19;1-2-7-8-6(9)4-3-5-12(8)11-10-7;1-2-4-8-7(9)5-3-6-10-8;1-6(13)10-7-2-4-8(5-3-7)16(14,15)12-11-9;9-7(10)5-1-3-6(4-2-5)8(11)12;1-5-6(7)3-2-4-8-5;1-3-6-4(2)5;4-2-1-3-5;3*2-1-3;/h3-9H,2H2,1H3;1-8H;1-7H,13H2;3-5H,2H2,1H3;3,5-6H,2,4H2,1H3;2-5H,1H3,(H,10,13);1-4,9-10H;2-4H,1H3;3H2,1-2H3;4H;;;;1H4. The number of nitrogens with zero attached hydrogens (tertiary/aromatic N) is 21. The zero-order valence-electron chi connectivity index (χ0n) is 73.0. The van der Waals surface area contributed by atoms with Crippen molar-refractivity contribution < 1.29 is 101 Å². The van der Waals surface area contributed by atoms with Crippen LogP contribution in [0.15, 0.2) is 254 Å². The quantitative estimate of drug-likeness (QED) is 0.00613. The molecule has 0 radical (unpaired) electrons. The van der Waals surface area contributed by atoms with Gasteiger partial charge in [-0.2, -0.15) is 28.8 Å². The summed E-state index contributed by atoms with van der Waals surface area (Å²) >= 11 is 10.2. The normalized spacial score (nSPS) is 9.41. The summed E-state index contributed by atoms with van der Waals surface area (Å²) in [5.74, 6) is 1.68. The number of non-ortho nitro benzene ring substituents is 4. The Morgan fingerprint density at radius 3 is 1.31 bits per heavy atom. The molecule has 718 valence electrons. The fourth-order valence-electron chi connectivity index (χ4n) is 10.8. The third kappa shape index (κ3) is 39.4. The van der Waals surface area contributed by atoms with Gasteiger partial charge in [-0.15, -0.1) is 15.3 Å². The molecule has 0 aliphatic carbocycles. The summed E-state index contributed by atoms with van der Waals surface area (Å²) < 4.78 is 53.3. The van der Waals surface area contributed by atoms with E-state index >= 15 is 0 Å². The Kier molecular flexibility index (Phi) is 54.1. The third-order valence-corrected chi connectivity index (χ3v) is 20.0. The van der Waals surface area contributed by atoms with Gasteiger partial charge in [0.2, 0.25) is 5.91 Å². The maximum absolute atomic E-state index is 11.3. The van der Waals surface area contributed by atoms with Crippen molar-refractivity contribution in [3.8, 4) is 51.2 Å². The number of nitrogens with one attached hydrogen (secondary N) is 1. The molecule has 0 spiro atoms. The van der Waals surface area contributed by atoms with Gasteiger partial charge in [0.1, 0.15) is 16.6 Å². The van der Waals surface area contributed by atoms with Gasteiger partial charge in [0.25, 0.3) is 45.1 Å². The van der Waals surface area contributed by atoms with Crippen molar-refractivity contribution in [1.82, 2.24) is 69.3 Å². The van der Waals surface area contributed by atoms with E-state index in [1.165, 1.54) is 109 Å². The number of aromatic nitrogens is 14. The van der Waals surface area contributed by atoms with E-state index in [-0.39, 0.29) is 83.2 Å². The monoisotopic (exact) mass is 2110 g/mol. The van der Waals surface area contributed by atoms with Crippen LogP contribution < -0.4 is 21.3 Å². The van der Waals surface area contributed by atoms with E-state index in [0.717, 1.165) is 101 Å². The Balaban J connectivity index is 0.000000528. The van der Waals surface area contributed by atoms with Crippen molar-refractivity contribution in [2.24, 2.45) is 4.52 Å². The molecule has 0 unspecified atom stereocenters. The maximum Gasteiger partial charge on any atom is 0.488 e. The number of aliphatic hydroxyl groups is 1. The summed E-state index contributed by atoms with van der Waals surface area (Å²) in [4.78, 5) is 130. The molecule has 15 aromatic rings. The summed E-state index contributed by atoms with van der Waals surface area (Å²) in [6.07, 6.45) is 16.8. The minimum Gasteiger partial charge on any atom is -0.423 e. The van der Waals surface area contributed by atoms with Gasteiger partial charge in [-0.3, -0.25) is 64.8 Å². The number of rotatable bonds is 18. The van der Waals surface area contributed by atoms with Crippen molar-refractivity contribution in [1.29, 1.82) is 0 Å². The number of pyridine rings is 6. The fourth-order valence-corrected chi connectivity index (χ4v) is 12.7. The summed E-state index contributed by atoms with van der Waals surface area (Å²) in [7, 11) is -5.22. The number of hydrogen-bond donors (Lipinski definition) is 5. The molecule has 15 rings (SSSR count). The molecule has 1 amide bonds. The number of carbonyl (C=O) groups is 3. The number of sulfonamides is 1. The van der Waals surface area contributed by atoms with Gasteiger partial charge in [-0.25, -0.2) is 26.5 Å². The van der Waals surface area contributed by atoms with Gasteiger partial charge >= 0.3 is 60.4 Å².